The molecule has 0 spiro atoms. The van der Waals surface area contributed by atoms with Crippen LogP contribution in [0.15, 0.2) is 54.6 Å². The molecule has 1 heterocycles. The van der Waals surface area contributed by atoms with E-state index in [2.05, 4.69) is 16.5 Å². The molecule has 0 saturated heterocycles. The molecule has 5 nitrogen and oxygen atoms in total. The standard InChI is InChI=1S/C18H13ClN4O/c1-12(24)21-18-10-17(14-4-6-15(19)7-5-14)22-23(18)16-8-2-13(11-20)3-9-16/h2-10H,1H3,(H,21,24). The molecule has 0 fully saturated rings. The first-order chi connectivity index (χ1) is 11.6. The van der Waals surface area contributed by atoms with Gasteiger partial charge in [-0.25, -0.2) is 4.68 Å². The van der Waals surface area contributed by atoms with E-state index in [0.717, 1.165) is 11.3 Å². The van der Waals surface area contributed by atoms with Crippen molar-refractivity contribution in [3.05, 3.63) is 65.2 Å². The number of benzene rings is 2. The highest BCUT2D eigenvalue weighted by Gasteiger charge is 2.12. The Kier molecular flexibility index (Phi) is 4.32. The van der Waals surface area contributed by atoms with E-state index in [1.165, 1.54) is 6.92 Å². The Morgan fingerprint density at radius 3 is 2.42 bits per heavy atom. The molecule has 24 heavy (non-hydrogen) atoms. The van der Waals surface area contributed by atoms with Gasteiger partial charge >= 0.3 is 0 Å². The number of nitrogens with one attached hydrogen (secondary N) is 1. The van der Waals surface area contributed by atoms with Crippen LogP contribution in [0.2, 0.25) is 5.02 Å². The number of hydrogen-bond donors (Lipinski definition) is 1. The van der Waals surface area contributed by atoms with Crippen LogP contribution in [0, 0.1) is 11.3 Å². The van der Waals surface area contributed by atoms with E-state index >= 15 is 0 Å². The van der Waals surface area contributed by atoms with Crippen LogP contribution in [0.1, 0.15) is 12.5 Å². The van der Waals surface area contributed by atoms with E-state index in [1.807, 2.05) is 12.1 Å². The summed E-state index contributed by atoms with van der Waals surface area (Å²) in [7, 11) is 0. The van der Waals surface area contributed by atoms with Gasteiger partial charge in [-0.05, 0) is 36.4 Å². The second-order valence-corrected chi connectivity index (χ2v) is 5.61. The SMILES string of the molecule is CC(=O)Nc1cc(-c2ccc(Cl)cc2)nn1-c1ccc(C#N)cc1. The molecule has 0 radical (unpaired) electrons. The normalized spacial score (nSPS) is 10.2. The number of rotatable bonds is 3. The number of anilines is 1. The van der Waals surface area contributed by atoms with Crippen molar-refractivity contribution < 1.29 is 4.79 Å². The molecule has 0 bridgehead atoms. The maximum absolute atomic E-state index is 11.5. The van der Waals surface area contributed by atoms with Gasteiger partial charge in [-0.3, -0.25) is 4.79 Å². The van der Waals surface area contributed by atoms with Gasteiger partial charge in [0.1, 0.15) is 5.82 Å². The highest BCUT2D eigenvalue weighted by atomic mass is 35.5. The smallest absolute Gasteiger partial charge is 0.222 e. The first-order valence-corrected chi connectivity index (χ1v) is 7.59. The zero-order valence-electron chi connectivity index (χ0n) is 12.8. The molecule has 0 unspecified atom stereocenters. The minimum atomic E-state index is -0.188. The Bertz CT molecular complexity index is 921. The van der Waals surface area contributed by atoms with Crippen LogP contribution in [0.4, 0.5) is 5.82 Å². The van der Waals surface area contributed by atoms with Crippen LogP contribution < -0.4 is 5.32 Å². The summed E-state index contributed by atoms with van der Waals surface area (Å²) in [5.74, 6) is 0.365. The molecule has 0 atom stereocenters. The van der Waals surface area contributed by atoms with E-state index in [-0.39, 0.29) is 5.91 Å². The Morgan fingerprint density at radius 2 is 1.83 bits per heavy atom. The van der Waals surface area contributed by atoms with E-state index in [9.17, 15) is 4.79 Å². The van der Waals surface area contributed by atoms with Crippen molar-refractivity contribution in [2.75, 3.05) is 5.32 Å². The van der Waals surface area contributed by atoms with Gasteiger partial charge < -0.3 is 5.32 Å². The molecule has 3 rings (SSSR count). The minimum absolute atomic E-state index is 0.188. The van der Waals surface area contributed by atoms with Crippen molar-refractivity contribution in [2.24, 2.45) is 0 Å². The molecule has 1 N–H and O–H groups in total. The third-order valence-corrected chi connectivity index (χ3v) is 3.65. The molecular weight excluding hydrogens is 324 g/mol. The third-order valence-electron chi connectivity index (χ3n) is 3.39. The van der Waals surface area contributed by atoms with Gasteiger partial charge in [0.15, 0.2) is 0 Å². The van der Waals surface area contributed by atoms with E-state index < -0.39 is 0 Å². The Balaban J connectivity index is 2.07. The van der Waals surface area contributed by atoms with E-state index in [0.29, 0.717) is 22.1 Å². The second kappa shape index (κ2) is 6.57. The Morgan fingerprint density at radius 1 is 1.17 bits per heavy atom. The van der Waals surface area contributed by atoms with Gasteiger partial charge in [0.2, 0.25) is 5.91 Å². The van der Waals surface area contributed by atoms with Gasteiger partial charge in [0.05, 0.1) is 23.0 Å². The summed E-state index contributed by atoms with van der Waals surface area (Å²) in [6, 6.07) is 18.1. The van der Waals surface area contributed by atoms with Gasteiger partial charge in [0.25, 0.3) is 0 Å². The van der Waals surface area contributed by atoms with E-state index in [4.69, 9.17) is 16.9 Å². The Labute approximate surface area is 144 Å². The molecule has 0 aliphatic carbocycles. The van der Waals surface area contributed by atoms with Gasteiger partial charge in [0, 0.05) is 23.6 Å². The average molecular weight is 337 g/mol. The molecule has 1 aromatic heterocycles. The minimum Gasteiger partial charge on any atom is -0.311 e. The summed E-state index contributed by atoms with van der Waals surface area (Å²) < 4.78 is 1.63. The lowest BCUT2D eigenvalue weighted by atomic mass is 10.1. The molecule has 118 valence electrons. The van der Waals surface area contributed by atoms with Crippen LogP contribution in [-0.4, -0.2) is 15.7 Å². The Hall–Kier alpha value is -3.10. The number of carbonyl (C=O) groups excluding carboxylic acids is 1. The van der Waals surface area contributed by atoms with Crippen molar-refractivity contribution in [1.82, 2.24) is 9.78 Å². The molecule has 0 aliphatic heterocycles. The maximum atomic E-state index is 11.5. The fourth-order valence-electron chi connectivity index (χ4n) is 2.29. The van der Waals surface area contributed by atoms with Crippen molar-refractivity contribution in [1.29, 1.82) is 5.26 Å². The predicted molar refractivity (Wildman–Crippen MR) is 93.0 cm³/mol. The summed E-state index contributed by atoms with van der Waals surface area (Å²) in [4.78, 5) is 11.5. The maximum Gasteiger partial charge on any atom is 0.222 e. The fraction of sp³-hybridized carbons (Fsp3) is 0.0556. The molecular formula is C18H13ClN4O. The second-order valence-electron chi connectivity index (χ2n) is 5.17. The van der Waals surface area contributed by atoms with Gasteiger partial charge in [-0.1, -0.05) is 23.7 Å². The van der Waals surface area contributed by atoms with Gasteiger partial charge in [-0.2, -0.15) is 10.4 Å². The number of carbonyl (C=O) groups is 1. The number of aromatic nitrogens is 2. The summed E-state index contributed by atoms with van der Waals surface area (Å²) in [5.41, 5.74) is 2.90. The van der Waals surface area contributed by atoms with Crippen molar-refractivity contribution in [2.45, 2.75) is 6.92 Å². The number of nitriles is 1. The molecule has 1 amide bonds. The quantitative estimate of drug-likeness (QED) is 0.785. The van der Waals surface area contributed by atoms with Crippen LogP contribution in [0.25, 0.3) is 16.9 Å². The summed E-state index contributed by atoms with van der Waals surface area (Å²) >= 11 is 5.92. The lowest BCUT2D eigenvalue weighted by molar-refractivity contribution is -0.114. The first kappa shape index (κ1) is 15.8. The van der Waals surface area contributed by atoms with E-state index in [1.54, 1.807) is 47.1 Å². The highest BCUT2D eigenvalue weighted by molar-refractivity contribution is 6.30. The topological polar surface area (TPSA) is 70.7 Å². The number of nitrogens with zero attached hydrogens (tertiary/aromatic N) is 3. The predicted octanol–water partition coefficient (Wildman–Crippen LogP) is 4.02. The molecule has 3 aromatic rings. The van der Waals surface area contributed by atoms with Crippen molar-refractivity contribution in [3.8, 4) is 23.0 Å². The van der Waals surface area contributed by atoms with Crippen molar-refractivity contribution in [3.63, 3.8) is 0 Å². The zero-order chi connectivity index (χ0) is 17.1. The number of halogens is 1. The highest BCUT2D eigenvalue weighted by Crippen LogP contribution is 2.26. The summed E-state index contributed by atoms with van der Waals surface area (Å²) in [6.07, 6.45) is 0. The third kappa shape index (κ3) is 3.29. The average Bonchev–Trinajstić information content (AvgIpc) is 2.98. The van der Waals surface area contributed by atoms with Crippen LogP contribution >= 0.6 is 11.6 Å². The van der Waals surface area contributed by atoms with Crippen LogP contribution in [-0.2, 0) is 4.79 Å². The molecule has 0 saturated carbocycles. The molecule has 6 heteroatoms. The van der Waals surface area contributed by atoms with Crippen LogP contribution in [0.5, 0.6) is 0 Å². The largest absolute Gasteiger partial charge is 0.311 e. The first-order valence-electron chi connectivity index (χ1n) is 7.21. The number of amides is 1. The molecule has 0 aliphatic rings. The summed E-state index contributed by atoms with van der Waals surface area (Å²) in [5, 5.41) is 16.9. The van der Waals surface area contributed by atoms with Gasteiger partial charge in [-0.15, -0.1) is 0 Å². The zero-order valence-corrected chi connectivity index (χ0v) is 13.6. The lowest BCUT2D eigenvalue weighted by Gasteiger charge is -2.07. The fourth-order valence-corrected chi connectivity index (χ4v) is 2.41. The summed E-state index contributed by atoms with van der Waals surface area (Å²) in [6.45, 7) is 1.44. The van der Waals surface area contributed by atoms with Crippen LogP contribution in [0.3, 0.4) is 0 Å². The number of hydrogen-bond acceptors (Lipinski definition) is 3. The molecule has 2 aromatic carbocycles. The monoisotopic (exact) mass is 336 g/mol. The van der Waals surface area contributed by atoms with Crippen molar-refractivity contribution >= 4 is 23.3 Å². The lowest BCUT2D eigenvalue weighted by Crippen LogP contribution is -2.10.